The lowest BCUT2D eigenvalue weighted by Crippen LogP contribution is -2.10. The number of para-hydroxylation sites is 1. The van der Waals surface area contributed by atoms with Crippen LogP contribution in [-0.2, 0) is 6.54 Å². The van der Waals surface area contributed by atoms with Crippen LogP contribution >= 0.6 is 0 Å². The van der Waals surface area contributed by atoms with E-state index in [1.54, 1.807) is 0 Å². The molecule has 1 aromatic heterocycles. The lowest BCUT2D eigenvalue weighted by Gasteiger charge is -2.16. The number of nitrogens with two attached hydrogens (primary N) is 1. The summed E-state index contributed by atoms with van der Waals surface area (Å²) in [7, 11) is 0. The van der Waals surface area contributed by atoms with Crippen LogP contribution in [0.15, 0.2) is 18.2 Å². The fraction of sp³-hybridized carbons (Fsp3) is 0.588. The predicted molar refractivity (Wildman–Crippen MR) is 86.9 cm³/mol. The van der Waals surface area contributed by atoms with E-state index in [0.717, 1.165) is 30.6 Å². The van der Waals surface area contributed by atoms with Crippen molar-refractivity contribution in [2.75, 3.05) is 5.73 Å². The smallest absolute Gasteiger partial charge is 0.113 e. The normalized spacial score (nSPS) is 11.9. The van der Waals surface area contributed by atoms with E-state index in [0.29, 0.717) is 11.8 Å². The van der Waals surface area contributed by atoms with Gasteiger partial charge in [0.05, 0.1) is 11.2 Å². The fourth-order valence-electron chi connectivity index (χ4n) is 2.77. The summed E-state index contributed by atoms with van der Waals surface area (Å²) in [6.07, 6.45) is 3.43. The Hall–Kier alpha value is -1.51. The van der Waals surface area contributed by atoms with Crippen molar-refractivity contribution in [1.29, 1.82) is 0 Å². The number of hydrogen-bond acceptors (Lipinski definition) is 2. The Labute approximate surface area is 122 Å². The summed E-state index contributed by atoms with van der Waals surface area (Å²) in [5.41, 5.74) is 9.05. The zero-order valence-electron chi connectivity index (χ0n) is 13.2. The van der Waals surface area contributed by atoms with Gasteiger partial charge in [0.25, 0.3) is 0 Å². The SMILES string of the molecule is CCC(CC)c1nc2c(N)cccc2n1CCC(C)C. The lowest BCUT2D eigenvalue weighted by atomic mass is 10.0. The average Bonchev–Trinajstić information content (AvgIpc) is 2.78. The molecule has 2 rings (SSSR count). The first-order valence-corrected chi connectivity index (χ1v) is 7.83. The van der Waals surface area contributed by atoms with Gasteiger partial charge in [-0.1, -0.05) is 33.8 Å². The number of nitrogens with zero attached hydrogens (tertiary/aromatic N) is 2. The monoisotopic (exact) mass is 273 g/mol. The molecule has 1 heterocycles. The van der Waals surface area contributed by atoms with Gasteiger partial charge < -0.3 is 10.3 Å². The van der Waals surface area contributed by atoms with Gasteiger partial charge in [0.2, 0.25) is 0 Å². The van der Waals surface area contributed by atoms with Gasteiger partial charge in [-0.05, 0) is 37.3 Å². The van der Waals surface area contributed by atoms with Gasteiger partial charge in [-0.15, -0.1) is 0 Å². The number of rotatable bonds is 6. The first-order valence-electron chi connectivity index (χ1n) is 7.83. The zero-order valence-corrected chi connectivity index (χ0v) is 13.2. The number of nitrogen functional groups attached to an aromatic ring is 1. The van der Waals surface area contributed by atoms with E-state index in [1.807, 2.05) is 12.1 Å². The number of fused-ring (bicyclic) bond motifs is 1. The predicted octanol–water partition coefficient (Wildman–Crippen LogP) is 4.57. The highest BCUT2D eigenvalue weighted by molar-refractivity contribution is 5.87. The van der Waals surface area contributed by atoms with Gasteiger partial charge in [-0.3, -0.25) is 0 Å². The second kappa shape index (κ2) is 6.29. The quantitative estimate of drug-likeness (QED) is 0.784. The summed E-state index contributed by atoms with van der Waals surface area (Å²) in [6.45, 7) is 10.0. The molecule has 0 amide bonds. The number of aromatic nitrogens is 2. The van der Waals surface area contributed by atoms with E-state index in [1.165, 1.54) is 17.8 Å². The van der Waals surface area contributed by atoms with Crippen LogP contribution in [0.5, 0.6) is 0 Å². The van der Waals surface area contributed by atoms with E-state index in [4.69, 9.17) is 10.7 Å². The summed E-state index contributed by atoms with van der Waals surface area (Å²) in [5, 5.41) is 0. The molecule has 2 N–H and O–H groups in total. The van der Waals surface area contributed by atoms with Crippen molar-refractivity contribution in [2.45, 2.75) is 59.4 Å². The van der Waals surface area contributed by atoms with Crippen molar-refractivity contribution in [3.05, 3.63) is 24.0 Å². The molecule has 0 radical (unpaired) electrons. The van der Waals surface area contributed by atoms with Crippen LogP contribution < -0.4 is 5.73 Å². The van der Waals surface area contributed by atoms with Gasteiger partial charge >= 0.3 is 0 Å². The molecule has 0 bridgehead atoms. The van der Waals surface area contributed by atoms with E-state index in [9.17, 15) is 0 Å². The minimum atomic E-state index is 0.522. The van der Waals surface area contributed by atoms with Gasteiger partial charge in [-0.25, -0.2) is 4.98 Å². The highest BCUT2D eigenvalue weighted by Gasteiger charge is 2.18. The second-order valence-electron chi connectivity index (χ2n) is 6.03. The van der Waals surface area contributed by atoms with Crippen molar-refractivity contribution in [2.24, 2.45) is 5.92 Å². The Morgan fingerprint density at radius 3 is 2.50 bits per heavy atom. The topological polar surface area (TPSA) is 43.8 Å². The molecule has 0 spiro atoms. The van der Waals surface area contributed by atoms with Gasteiger partial charge in [-0.2, -0.15) is 0 Å². The van der Waals surface area contributed by atoms with Crippen LogP contribution in [-0.4, -0.2) is 9.55 Å². The molecule has 20 heavy (non-hydrogen) atoms. The van der Waals surface area contributed by atoms with E-state index in [2.05, 4.69) is 38.3 Å². The van der Waals surface area contributed by atoms with Crippen molar-refractivity contribution in [3.63, 3.8) is 0 Å². The molecule has 0 saturated heterocycles. The maximum Gasteiger partial charge on any atom is 0.113 e. The molecular formula is C17H27N3. The Kier molecular flexibility index (Phi) is 4.69. The third-order valence-electron chi connectivity index (χ3n) is 4.12. The van der Waals surface area contributed by atoms with Crippen molar-refractivity contribution in [3.8, 4) is 0 Å². The lowest BCUT2D eigenvalue weighted by molar-refractivity contribution is 0.488. The van der Waals surface area contributed by atoms with Crippen molar-refractivity contribution < 1.29 is 0 Å². The van der Waals surface area contributed by atoms with Gasteiger partial charge in [0.1, 0.15) is 11.3 Å². The van der Waals surface area contributed by atoms with E-state index in [-0.39, 0.29) is 0 Å². The molecule has 2 aromatic rings. The summed E-state index contributed by atoms with van der Waals surface area (Å²) < 4.78 is 2.39. The Bertz CT molecular complexity index is 565. The summed E-state index contributed by atoms with van der Waals surface area (Å²) >= 11 is 0. The Morgan fingerprint density at radius 1 is 1.20 bits per heavy atom. The van der Waals surface area contributed by atoms with Crippen LogP contribution in [0.2, 0.25) is 0 Å². The molecule has 0 unspecified atom stereocenters. The number of hydrogen-bond donors (Lipinski definition) is 1. The molecule has 0 aliphatic heterocycles. The summed E-state index contributed by atoms with van der Waals surface area (Å²) in [4.78, 5) is 4.87. The van der Waals surface area contributed by atoms with Crippen LogP contribution in [0.3, 0.4) is 0 Å². The third-order valence-corrected chi connectivity index (χ3v) is 4.12. The molecule has 3 nitrogen and oxygen atoms in total. The Balaban J connectivity index is 2.53. The zero-order chi connectivity index (χ0) is 14.7. The second-order valence-corrected chi connectivity index (χ2v) is 6.03. The highest BCUT2D eigenvalue weighted by atomic mass is 15.1. The highest BCUT2D eigenvalue weighted by Crippen LogP contribution is 2.29. The molecular weight excluding hydrogens is 246 g/mol. The molecule has 0 fully saturated rings. The molecule has 0 atom stereocenters. The van der Waals surface area contributed by atoms with Gasteiger partial charge in [0, 0.05) is 12.5 Å². The fourth-order valence-corrected chi connectivity index (χ4v) is 2.77. The van der Waals surface area contributed by atoms with E-state index < -0.39 is 0 Å². The molecule has 1 aromatic carbocycles. The van der Waals surface area contributed by atoms with Crippen LogP contribution in [0.1, 0.15) is 58.7 Å². The first-order chi connectivity index (χ1) is 9.58. The van der Waals surface area contributed by atoms with Gasteiger partial charge in [0.15, 0.2) is 0 Å². The maximum atomic E-state index is 6.10. The number of benzene rings is 1. The maximum absolute atomic E-state index is 6.10. The molecule has 3 heteroatoms. The third kappa shape index (κ3) is 2.82. The Morgan fingerprint density at radius 2 is 1.90 bits per heavy atom. The standard InChI is InChI=1S/C17H27N3/c1-5-13(6-2)17-19-16-14(18)8-7-9-15(16)20(17)11-10-12(3)4/h7-9,12-13H,5-6,10-11,18H2,1-4H3. The van der Waals surface area contributed by atoms with Crippen molar-refractivity contribution >= 4 is 16.7 Å². The largest absolute Gasteiger partial charge is 0.397 e. The van der Waals surface area contributed by atoms with E-state index >= 15 is 0 Å². The van der Waals surface area contributed by atoms with Crippen molar-refractivity contribution in [1.82, 2.24) is 9.55 Å². The molecule has 110 valence electrons. The molecule has 0 aliphatic rings. The summed E-state index contributed by atoms with van der Waals surface area (Å²) in [5.74, 6) is 2.43. The number of imidazole rings is 1. The minimum absolute atomic E-state index is 0.522. The average molecular weight is 273 g/mol. The molecule has 0 saturated carbocycles. The number of aryl methyl sites for hydroxylation is 1. The first kappa shape index (κ1) is 14.9. The number of anilines is 1. The minimum Gasteiger partial charge on any atom is -0.397 e. The van der Waals surface area contributed by atoms with Crippen LogP contribution in [0.25, 0.3) is 11.0 Å². The van der Waals surface area contributed by atoms with Crippen LogP contribution in [0.4, 0.5) is 5.69 Å². The molecule has 0 aliphatic carbocycles. The van der Waals surface area contributed by atoms with Crippen LogP contribution in [0, 0.1) is 5.92 Å². The summed E-state index contributed by atoms with van der Waals surface area (Å²) in [6, 6.07) is 6.12.